The molecule has 1 N–H and O–H groups in total. The predicted molar refractivity (Wildman–Crippen MR) is 70.8 cm³/mol. The van der Waals surface area contributed by atoms with Crippen molar-refractivity contribution in [2.75, 3.05) is 25.6 Å². The number of hydrogen-bond acceptors (Lipinski definition) is 4. The minimum atomic E-state index is 0.403. The molecule has 18 heavy (non-hydrogen) atoms. The lowest BCUT2D eigenvalue weighted by atomic mass is 10.0. The third-order valence-electron chi connectivity index (χ3n) is 3.35. The summed E-state index contributed by atoms with van der Waals surface area (Å²) in [5, 5.41) is 7.84. The van der Waals surface area contributed by atoms with E-state index in [-0.39, 0.29) is 0 Å². The lowest BCUT2D eigenvalue weighted by molar-refractivity contribution is 0.00925. The molecule has 1 aromatic rings. The molecule has 0 aliphatic carbocycles. The molecule has 0 radical (unpaired) electrons. The molecule has 102 valence electrons. The molecule has 1 fully saturated rings. The van der Waals surface area contributed by atoms with Gasteiger partial charge in [-0.05, 0) is 19.3 Å². The Kier molecular flexibility index (Phi) is 5.01. The van der Waals surface area contributed by atoms with Gasteiger partial charge in [0.1, 0.15) is 0 Å². The van der Waals surface area contributed by atoms with E-state index in [4.69, 9.17) is 9.47 Å². The Hall–Kier alpha value is -1.07. The maximum atomic E-state index is 5.68. The van der Waals surface area contributed by atoms with Gasteiger partial charge < -0.3 is 14.8 Å². The van der Waals surface area contributed by atoms with E-state index in [1.165, 1.54) is 0 Å². The highest BCUT2D eigenvalue weighted by Gasteiger charge is 2.21. The van der Waals surface area contributed by atoms with Gasteiger partial charge in [0, 0.05) is 26.0 Å². The van der Waals surface area contributed by atoms with E-state index in [0.717, 1.165) is 38.1 Å². The van der Waals surface area contributed by atoms with E-state index in [1.807, 2.05) is 17.1 Å². The molecule has 0 amide bonds. The third kappa shape index (κ3) is 3.71. The minimum absolute atomic E-state index is 0.403. The molecule has 5 heteroatoms. The largest absolute Gasteiger partial charge is 0.383 e. The van der Waals surface area contributed by atoms with Crippen molar-refractivity contribution in [3.63, 3.8) is 0 Å². The van der Waals surface area contributed by atoms with Crippen LogP contribution in [0, 0.1) is 0 Å². The third-order valence-corrected chi connectivity index (χ3v) is 3.35. The SMILES string of the molecule is CCC1CC(Nc2cnn(CCOC)c2)CCO1. The van der Waals surface area contributed by atoms with Gasteiger partial charge in [-0.1, -0.05) is 6.92 Å². The van der Waals surface area contributed by atoms with Gasteiger partial charge in [0.05, 0.1) is 31.1 Å². The molecule has 1 aromatic heterocycles. The molecular weight excluding hydrogens is 230 g/mol. The first-order valence-corrected chi connectivity index (χ1v) is 6.71. The average Bonchev–Trinajstić information content (AvgIpc) is 2.84. The summed E-state index contributed by atoms with van der Waals surface area (Å²) in [7, 11) is 1.70. The van der Waals surface area contributed by atoms with Gasteiger partial charge >= 0.3 is 0 Å². The number of nitrogens with one attached hydrogen (secondary N) is 1. The Labute approximate surface area is 108 Å². The lowest BCUT2D eigenvalue weighted by Gasteiger charge is -2.29. The van der Waals surface area contributed by atoms with Crippen LogP contribution in [0.2, 0.25) is 0 Å². The van der Waals surface area contributed by atoms with Crippen LogP contribution in [0.1, 0.15) is 26.2 Å². The van der Waals surface area contributed by atoms with Crippen molar-refractivity contribution >= 4 is 5.69 Å². The number of ether oxygens (including phenoxy) is 2. The van der Waals surface area contributed by atoms with Crippen LogP contribution < -0.4 is 5.32 Å². The molecule has 1 aliphatic heterocycles. The molecular formula is C13H23N3O2. The lowest BCUT2D eigenvalue weighted by Crippen LogP contribution is -2.33. The zero-order valence-corrected chi connectivity index (χ0v) is 11.3. The summed E-state index contributed by atoms with van der Waals surface area (Å²) >= 11 is 0. The van der Waals surface area contributed by atoms with Crippen molar-refractivity contribution in [1.82, 2.24) is 9.78 Å². The highest BCUT2D eigenvalue weighted by molar-refractivity contribution is 5.39. The van der Waals surface area contributed by atoms with E-state index in [0.29, 0.717) is 18.8 Å². The van der Waals surface area contributed by atoms with Crippen LogP contribution in [0.15, 0.2) is 12.4 Å². The predicted octanol–water partition coefficient (Wildman–Crippen LogP) is 1.90. The van der Waals surface area contributed by atoms with Crippen LogP contribution >= 0.6 is 0 Å². The molecule has 0 spiro atoms. The Morgan fingerprint density at radius 2 is 2.50 bits per heavy atom. The second-order valence-electron chi connectivity index (χ2n) is 4.75. The standard InChI is InChI=1S/C13H23N3O2/c1-3-13-8-11(4-6-18-13)15-12-9-14-16(10-12)5-7-17-2/h9-11,13,15H,3-8H2,1-2H3. The summed E-state index contributed by atoms with van der Waals surface area (Å²) in [6.45, 7) is 4.52. The summed E-state index contributed by atoms with van der Waals surface area (Å²) in [6, 6.07) is 0.503. The molecule has 1 aliphatic rings. The van der Waals surface area contributed by atoms with Gasteiger partial charge in [0.25, 0.3) is 0 Å². The van der Waals surface area contributed by atoms with Crippen molar-refractivity contribution < 1.29 is 9.47 Å². The summed E-state index contributed by atoms with van der Waals surface area (Å²) in [4.78, 5) is 0. The van der Waals surface area contributed by atoms with E-state index < -0.39 is 0 Å². The molecule has 0 aromatic carbocycles. The van der Waals surface area contributed by atoms with Crippen LogP contribution in [0.5, 0.6) is 0 Å². The highest BCUT2D eigenvalue weighted by atomic mass is 16.5. The van der Waals surface area contributed by atoms with Crippen LogP contribution in [0.3, 0.4) is 0 Å². The number of anilines is 1. The summed E-state index contributed by atoms with van der Waals surface area (Å²) in [5.41, 5.74) is 1.09. The Morgan fingerprint density at radius 3 is 3.28 bits per heavy atom. The highest BCUT2D eigenvalue weighted by Crippen LogP contribution is 2.20. The maximum absolute atomic E-state index is 5.68. The number of hydrogen-bond donors (Lipinski definition) is 1. The molecule has 5 nitrogen and oxygen atoms in total. The quantitative estimate of drug-likeness (QED) is 0.841. The second-order valence-corrected chi connectivity index (χ2v) is 4.75. The number of nitrogens with zero attached hydrogens (tertiary/aromatic N) is 2. The fourth-order valence-electron chi connectivity index (χ4n) is 2.28. The molecule has 1 saturated heterocycles. The van der Waals surface area contributed by atoms with Gasteiger partial charge in [-0.15, -0.1) is 0 Å². The van der Waals surface area contributed by atoms with Crippen LogP contribution in [0.4, 0.5) is 5.69 Å². The van der Waals surface area contributed by atoms with Crippen molar-refractivity contribution in [3.8, 4) is 0 Å². The first-order chi connectivity index (χ1) is 8.81. The van der Waals surface area contributed by atoms with E-state index in [1.54, 1.807) is 7.11 Å². The van der Waals surface area contributed by atoms with E-state index in [2.05, 4.69) is 17.3 Å². The van der Waals surface area contributed by atoms with E-state index in [9.17, 15) is 0 Å². The van der Waals surface area contributed by atoms with Crippen LogP contribution in [0.25, 0.3) is 0 Å². The first kappa shape index (κ1) is 13.4. The molecule has 2 atom stereocenters. The topological polar surface area (TPSA) is 48.3 Å². The Morgan fingerprint density at radius 1 is 1.61 bits per heavy atom. The number of methoxy groups -OCH3 is 1. The molecule has 0 bridgehead atoms. The number of rotatable bonds is 6. The van der Waals surface area contributed by atoms with Gasteiger partial charge in [-0.3, -0.25) is 4.68 Å². The van der Waals surface area contributed by atoms with Gasteiger partial charge in [-0.25, -0.2) is 0 Å². The Balaban J connectivity index is 1.83. The fraction of sp³-hybridized carbons (Fsp3) is 0.769. The molecule has 2 rings (SSSR count). The normalized spacial score (nSPS) is 24.1. The average molecular weight is 253 g/mol. The molecule has 2 unspecified atom stereocenters. The first-order valence-electron chi connectivity index (χ1n) is 6.71. The van der Waals surface area contributed by atoms with E-state index >= 15 is 0 Å². The summed E-state index contributed by atoms with van der Waals surface area (Å²) in [5.74, 6) is 0. The summed E-state index contributed by atoms with van der Waals surface area (Å²) in [6.07, 6.45) is 7.56. The van der Waals surface area contributed by atoms with Crippen molar-refractivity contribution in [3.05, 3.63) is 12.4 Å². The van der Waals surface area contributed by atoms with Gasteiger partial charge in [0.15, 0.2) is 0 Å². The zero-order chi connectivity index (χ0) is 12.8. The van der Waals surface area contributed by atoms with Crippen LogP contribution in [-0.4, -0.2) is 42.2 Å². The zero-order valence-electron chi connectivity index (χ0n) is 11.3. The van der Waals surface area contributed by atoms with Crippen molar-refractivity contribution in [2.24, 2.45) is 0 Å². The van der Waals surface area contributed by atoms with Crippen LogP contribution in [-0.2, 0) is 16.0 Å². The number of aromatic nitrogens is 2. The molecule has 2 heterocycles. The smallest absolute Gasteiger partial charge is 0.0728 e. The van der Waals surface area contributed by atoms with Gasteiger partial charge in [0.2, 0.25) is 0 Å². The van der Waals surface area contributed by atoms with Gasteiger partial charge in [-0.2, -0.15) is 5.10 Å². The minimum Gasteiger partial charge on any atom is -0.383 e. The molecule has 0 saturated carbocycles. The monoisotopic (exact) mass is 253 g/mol. The summed E-state index contributed by atoms with van der Waals surface area (Å²) < 4.78 is 12.6. The fourth-order valence-corrected chi connectivity index (χ4v) is 2.28. The Bertz CT molecular complexity index is 354. The van der Waals surface area contributed by atoms with Crippen molar-refractivity contribution in [2.45, 2.75) is 44.9 Å². The maximum Gasteiger partial charge on any atom is 0.0728 e. The van der Waals surface area contributed by atoms with Crippen molar-refractivity contribution in [1.29, 1.82) is 0 Å². The second kappa shape index (κ2) is 6.75.